The summed E-state index contributed by atoms with van der Waals surface area (Å²) in [6, 6.07) is 0. The van der Waals surface area contributed by atoms with Crippen molar-refractivity contribution in [3.05, 3.63) is 0 Å². The summed E-state index contributed by atoms with van der Waals surface area (Å²) in [7, 11) is 0. The molecule has 3 atom stereocenters. The van der Waals surface area contributed by atoms with Gasteiger partial charge in [0, 0.05) is 19.3 Å². The predicted molar refractivity (Wildman–Crippen MR) is 187 cm³/mol. The van der Waals surface area contributed by atoms with Crippen molar-refractivity contribution in [2.75, 3.05) is 13.2 Å². The van der Waals surface area contributed by atoms with Gasteiger partial charge in [-0.05, 0) is 31.1 Å². The molecule has 0 spiro atoms. The van der Waals surface area contributed by atoms with Gasteiger partial charge in [0.05, 0.1) is 0 Å². The van der Waals surface area contributed by atoms with Crippen molar-refractivity contribution in [3.8, 4) is 0 Å². The summed E-state index contributed by atoms with van der Waals surface area (Å²) in [6.45, 7) is 11.2. The molecular weight excluding hydrogens is 564 g/mol. The average Bonchev–Trinajstić information content (AvgIpc) is 3.03. The summed E-state index contributed by atoms with van der Waals surface area (Å²) in [5.74, 6) is 0.774. The number of carbonyl (C=O) groups is 3. The topological polar surface area (TPSA) is 78.9 Å². The molecule has 0 aliphatic rings. The highest BCUT2D eigenvalue weighted by Gasteiger charge is 2.19. The lowest BCUT2D eigenvalue weighted by Crippen LogP contribution is -2.30. The van der Waals surface area contributed by atoms with Crippen molar-refractivity contribution in [2.24, 2.45) is 11.8 Å². The zero-order valence-corrected chi connectivity index (χ0v) is 30.5. The number of rotatable bonds is 33. The first-order valence-electron chi connectivity index (χ1n) is 19.3. The SMILES string of the molecule is CCCCCCCC(=O)OC[C@H](COC(=O)CCCCCCCCC(C)CC)OC(=O)CCCCCCCCCCC(C)CC. The molecule has 6 heteroatoms. The van der Waals surface area contributed by atoms with Crippen molar-refractivity contribution in [2.45, 2.75) is 208 Å². The Balaban J connectivity index is 4.32. The summed E-state index contributed by atoms with van der Waals surface area (Å²) in [6.07, 6.45) is 26.8. The zero-order valence-electron chi connectivity index (χ0n) is 30.5. The second kappa shape index (κ2) is 32.4. The molecule has 0 saturated carbocycles. The number of ether oxygens (including phenoxy) is 3. The Hall–Kier alpha value is -1.59. The molecule has 45 heavy (non-hydrogen) atoms. The predicted octanol–water partition coefficient (Wildman–Crippen LogP) is 11.5. The van der Waals surface area contributed by atoms with Gasteiger partial charge in [0.15, 0.2) is 6.10 Å². The Morgan fingerprint density at radius 2 is 0.778 bits per heavy atom. The Bertz CT molecular complexity index is 693. The minimum absolute atomic E-state index is 0.0685. The van der Waals surface area contributed by atoms with Crippen LogP contribution in [0.2, 0.25) is 0 Å². The standard InChI is InChI=1S/C39H74O6/c1-6-9-10-17-24-29-37(40)43-32-36(33-44-38(41)30-25-20-16-15-19-23-28-35(5)8-3)45-39(42)31-26-21-14-12-11-13-18-22-27-34(4)7-2/h34-36H,6-33H2,1-5H3/t34?,35?,36-/m1/s1. The van der Waals surface area contributed by atoms with E-state index in [4.69, 9.17) is 14.2 Å². The molecule has 0 rings (SSSR count). The summed E-state index contributed by atoms with van der Waals surface area (Å²) < 4.78 is 16.5. The van der Waals surface area contributed by atoms with E-state index in [1.54, 1.807) is 0 Å². The van der Waals surface area contributed by atoms with Crippen LogP contribution in [0, 0.1) is 11.8 Å². The molecule has 0 aromatic carbocycles. The molecule has 0 aromatic heterocycles. The molecule has 0 amide bonds. The fraction of sp³-hybridized carbons (Fsp3) is 0.923. The molecule has 0 bridgehead atoms. The fourth-order valence-corrected chi connectivity index (χ4v) is 5.45. The van der Waals surface area contributed by atoms with E-state index < -0.39 is 6.10 Å². The lowest BCUT2D eigenvalue weighted by molar-refractivity contribution is -0.167. The average molecular weight is 639 g/mol. The quantitative estimate of drug-likeness (QED) is 0.0404. The van der Waals surface area contributed by atoms with Crippen LogP contribution in [0.1, 0.15) is 202 Å². The minimum Gasteiger partial charge on any atom is -0.462 e. The number of unbranched alkanes of at least 4 members (excludes halogenated alkanes) is 16. The van der Waals surface area contributed by atoms with Crippen LogP contribution in [-0.2, 0) is 28.6 Å². The third-order valence-corrected chi connectivity index (χ3v) is 9.19. The zero-order chi connectivity index (χ0) is 33.4. The second-order valence-electron chi connectivity index (χ2n) is 13.7. The second-order valence-corrected chi connectivity index (χ2v) is 13.7. The van der Waals surface area contributed by atoms with Crippen LogP contribution >= 0.6 is 0 Å². The van der Waals surface area contributed by atoms with Gasteiger partial charge in [-0.25, -0.2) is 0 Å². The fourth-order valence-electron chi connectivity index (χ4n) is 5.45. The highest BCUT2D eigenvalue weighted by Crippen LogP contribution is 2.16. The van der Waals surface area contributed by atoms with E-state index in [2.05, 4.69) is 34.6 Å². The molecule has 0 aliphatic carbocycles. The van der Waals surface area contributed by atoms with E-state index in [-0.39, 0.29) is 31.1 Å². The molecule has 0 fully saturated rings. The molecule has 0 aromatic rings. The first kappa shape index (κ1) is 43.4. The maximum absolute atomic E-state index is 12.6. The van der Waals surface area contributed by atoms with Crippen molar-refractivity contribution >= 4 is 17.9 Å². The van der Waals surface area contributed by atoms with E-state index in [1.807, 2.05) is 0 Å². The van der Waals surface area contributed by atoms with Gasteiger partial charge in [0.1, 0.15) is 13.2 Å². The van der Waals surface area contributed by atoms with Crippen molar-refractivity contribution in [1.82, 2.24) is 0 Å². The van der Waals surface area contributed by atoms with Gasteiger partial charge in [-0.3, -0.25) is 14.4 Å². The first-order valence-corrected chi connectivity index (χ1v) is 19.3. The van der Waals surface area contributed by atoms with Gasteiger partial charge in [-0.2, -0.15) is 0 Å². The molecule has 0 N–H and O–H groups in total. The van der Waals surface area contributed by atoms with Gasteiger partial charge in [-0.1, -0.05) is 163 Å². The molecule has 0 saturated heterocycles. The van der Waals surface area contributed by atoms with Crippen LogP contribution in [0.4, 0.5) is 0 Å². The van der Waals surface area contributed by atoms with Crippen LogP contribution < -0.4 is 0 Å². The summed E-state index contributed by atoms with van der Waals surface area (Å²) in [4.78, 5) is 37.2. The van der Waals surface area contributed by atoms with Crippen LogP contribution in [0.15, 0.2) is 0 Å². The van der Waals surface area contributed by atoms with Gasteiger partial charge in [0.25, 0.3) is 0 Å². The summed E-state index contributed by atoms with van der Waals surface area (Å²) >= 11 is 0. The smallest absolute Gasteiger partial charge is 0.306 e. The Morgan fingerprint density at radius 3 is 1.16 bits per heavy atom. The van der Waals surface area contributed by atoms with Crippen LogP contribution in [-0.4, -0.2) is 37.2 Å². The minimum atomic E-state index is -0.758. The third-order valence-electron chi connectivity index (χ3n) is 9.19. The Kier molecular flexibility index (Phi) is 31.2. The van der Waals surface area contributed by atoms with E-state index in [9.17, 15) is 14.4 Å². The molecule has 266 valence electrons. The van der Waals surface area contributed by atoms with Crippen molar-refractivity contribution < 1.29 is 28.6 Å². The van der Waals surface area contributed by atoms with Crippen molar-refractivity contribution in [1.29, 1.82) is 0 Å². The number of carbonyl (C=O) groups excluding carboxylic acids is 3. The molecular formula is C39H74O6. The molecule has 2 unspecified atom stereocenters. The van der Waals surface area contributed by atoms with E-state index >= 15 is 0 Å². The van der Waals surface area contributed by atoms with Crippen LogP contribution in [0.5, 0.6) is 0 Å². The van der Waals surface area contributed by atoms with Gasteiger partial charge in [-0.15, -0.1) is 0 Å². The Labute approximate surface area is 278 Å². The van der Waals surface area contributed by atoms with E-state index in [0.29, 0.717) is 19.3 Å². The molecule has 0 radical (unpaired) electrons. The van der Waals surface area contributed by atoms with E-state index in [0.717, 1.165) is 76.0 Å². The monoisotopic (exact) mass is 639 g/mol. The number of hydrogen-bond donors (Lipinski definition) is 0. The Morgan fingerprint density at radius 1 is 0.444 bits per heavy atom. The molecule has 0 heterocycles. The number of hydrogen-bond acceptors (Lipinski definition) is 6. The molecule has 0 aliphatic heterocycles. The normalized spacial score (nSPS) is 13.3. The lowest BCUT2D eigenvalue weighted by atomic mass is 9.99. The maximum atomic E-state index is 12.6. The van der Waals surface area contributed by atoms with E-state index in [1.165, 1.54) is 83.5 Å². The van der Waals surface area contributed by atoms with Crippen molar-refractivity contribution in [3.63, 3.8) is 0 Å². The summed E-state index contributed by atoms with van der Waals surface area (Å²) in [5, 5.41) is 0. The third kappa shape index (κ3) is 30.8. The van der Waals surface area contributed by atoms with Gasteiger partial charge < -0.3 is 14.2 Å². The van der Waals surface area contributed by atoms with Crippen LogP contribution in [0.3, 0.4) is 0 Å². The highest BCUT2D eigenvalue weighted by atomic mass is 16.6. The van der Waals surface area contributed by atoms with Gasteiger partial charge >= 0.3 is 17.9 Å². The first-order chi connectivity index (χ1) is 21.8. The molecule has 6 nitrogen and oxygen atoms in total. The lowest BCUT2D eigenvalue weighted by Gasteiger charge is -2.18. The van der Waals surface area contributed by atoms with Gasteiger partial charge in [0.2, 0.25) is 0 Å². The van der Waals surface area contributed by atoms with Crippen LogP contribution in [0.25, 0.3) is 0 Å². The highest BCUT2D eigenvalue weighted by molar-refractivity contribution is 5.71. The summed E-state index contributed by atoms with van der Waals surface area (Å²) in [5.41, 5.74) is 0. The maximum Gasteiger partial charge on any atom is 0.306 e. The largest absolute Gasteiger partial charge is 0.462 e. The number of esters is 3.